The number of aryl methyl sites for hydroxylation is 1. The summed E-state index contributed by atoms with van der Waals surface area (Å²) in [6, 6.07) is 17.2. The van der Waals surface area contributed by atoms with Gasteiger partial charge < -0.3 is 5.32 Å². The van der Waals surface area contributed by atoms with Gasteiger partial charge in [0.25, 0.3) is 0 Å². The molecule has 1 heteroatoms. The predicted molar refractivity (Wildman–Crippen MR) is 83.1 cm³/mol. The third-order valence-electron chi connectivity index (χ3n) is 3.23. The minimum atomic E-state index is 0.932. The summed E-state index contributed by atoms with van der Waals surface area (Å²) in [6.45, 7) is 7.84. The Morgan fingerprint density at radius 2 is 1.84 bits per heavy atom. The molecule has 0 radical (unpaired) electrons. The largest absolute Gasteiger partial charge is 0.312 e. The number of nitrogens with one attached hydrogen (secondary N) is 1. The van der Waals surface area contributed by atoms with Gasteiger partial charge in [0.2, 0.25) is 0 Å². The van der Waals surface area contributed by atoms with Crippen molar-refractivity contribution in [2.24, 2.45) is 0 Å². The zero-order valence-corrected chi connectivity index (χ0v) is 11.5. The molecule has 0 spiro atoms. The Balaban J connectivity index is 1.77. The van der Waals surface area contributed by atoms with Gasteiger partial charge in [-0.05, 0) is 36.6 Å². The zero-order chi connectivity index (χ0) is 13.5. The number of benzene rings is 2. The molecule has 2 aromatic carbocycles. The molecule has 0 fully saturated rings. The lowest BCUT2D eigenvalue weighted by Crippen LogP contribution is -2.16. The SMILES string of the molecule is C=Cc1cccc(CCNCc2ccc(C)cc2)c1. The summed E-state index contributed by atoms with van der Waals surface area (Å²) in [7, 11) is 0. The molecule has 0 amide bonds. The fourth-order valence-corrected chi connectivity index (χ4v) is 2.05. The summed E-state index contributed by atoms with van der Waals surface area (Å²) in [5.41, 5.74) is 5.19. The Bertz CT molecular complexity index is 526. The summed E-state index contributed by atoms with van der Waals surface area (Å²) in [4.78, 5) is 0. The van der Waals surface area contributed by atoms with Crippen molar-refractivity contribution < 1.29 is 0 Å². The van der Waals surface area contributed by atoms with E-state index in [4.69, 9.17) is 0 Å². The van der Waals surface area contributed by atoms with Crippen LogP contribution in [-0.4, -0.2) is 6.54 Å². The Hall–Kier alpha value is -1.86. The molecule has 0 saturated heterocycles. The first kappa shape index (κ1) is 13.6. The van der Waals surface area contributed by atoms with Gasteiger partial charge in [-0.3, -0.25) is 0 Å². The highest BCUT2D eigenvalue weighted by Crippen LogP contribution is 2.07. The topological polar surface area (TPSA) is 12.0 Å². The average Bonchev–Trinajstić information content (AvgIpc) is 2.46. The van der Waals surface area contributed by atoms with Gasteiger partial charge in [-0.15, -0.1) is 0 Å². The summed E-state index contributed by atoms with van der Waals surface area (Å²) >= 11 is 0. The maximum Gasteiger partial charge on any atom is 0.0205 e. The quantitative estimate of drug-likeness (QED) is 0.766. The van der Waals surface area contributed by atoms with E-state index in [0.717, 1.165) is 19.5 Å². The maximum absolute atomic E-state index is 3.80. The molecule has 0 aromatic heterocycles. The minimum Gasteiger partial charge on any atom is -0.312 e. The van der Waals surface area contributed by atoms with Crippen LogP contribution in [0, 0.1) is 6.92 Å². The van der Waals surface area contributed by atoms with Crippen LogP contribution in [0.25, 0.3) is 6.08 Å². The fraction of sp³-hybridized carbons (Fsp3) is 0.222. The van der Waals surface area contributed by atoms with E-state index in [0.29, 0.717) is 0 Å². The van der Waals surface area contributed by atoms with Crippen LogP contribution in [0.3, 0.4) is 0 Å². The molecule has 1 nitrogen and oxygen atoms in total. The van der Waals surface area contributed by atoms with Crippen molar-refractivity contribution >= 4 is 6.08 Å². The van der Waals surface area contributed by atoms with E-state index < -0.39 is 0 Å². The fourth-order valence-electron chi connectivity index (χ4n) is 2.05. The smallest absolute Gasteiger partial charge is 0.0205 e. The molecule has 2 rings (SSSR count). The average molecular weight is 251 g/mol. The monoisotopic (exact) mass is 251 g/mol. The lowest BCUT2D eigenvalue weighted by atomic mass is 10.1. The van der Waals surface area contributed by atoms with E-state index in [1.54, 1.807) is 0 Å². The van der Waals surface area contributed by atoms with E-state index in [-0.39, 0.29) is 0 Å². The summed E-state index contributed by atoms with van der Waals surface area (Å²) < 4.78 is 0. The Labute approximate surface area is 116 Å². The molecule has 0 bridgehead atoms. The summed E-state index contributed by atoms with van der Waals surface area (Å²) in [5.74, 6) is 0. The molecule has 19 heavy (non-hydrogen) atoms. The van der Waals surface area contributed by atoms with Crippen molar-refractivity contribution in [1.82, 2.24) is 5.32 Å². The van der Waals surface area contributed by atoms with E-state index in [2.05, 4.69) is 67.4 Å². The molecule has 0 unspecified atom stereocenters. The maximum atomic E-state index is 3.80. The summed E-state index contributed by atoms with van der Waals surface area (Å²) in [6.07, 6.45) is 2.94. The van der Waals surface area contributed by atoms with Crippen molar-refractivity contribution in [3.63, 3.8) is 0 Å². The number of hydrogen-bond donors (Lipinski definition) is 1. The van der Waals surface area contributed by atoms with Crippen LogP contribution in [0.5, 0.6) is 0 Å². The first-order valence-electron chi connectivity index (χ1n) is 6.75. The first-order valence-corrected chi connectivity index (χ1v) is 6.75. The lowest BCUT2D eigenvalue weighted by Gasteiger charge is -2.06. The molecule has 1 N–H and O–H groups in total. The standard InChI is InChI=1S/C18H21N/c1-3-16-5-4-6-17(13-16)11-12-19-14-18-9-7-15(2)8-10-18/h3-10,13,19H,1,11-12,14H2,2H3. The molecule has 0 aliphatic carbocycles. The van der Waals surface area contributed by atoms with Gasteiger partial charge in [0, 0.05) is 6.54 Å². The number of hydrogen-bond acceptors (Lipinski definition) is 1. The van der Waals surface area contributed by atoms with Gasteiger partial charge in [0.1, 0.15) is 0 Å². The second kappa shape index (κ2) is 6.91. The Morgan fingerprint density at radius 1 is 1.05 bits per heavy atom. The van der Waals surface area contributed by atoms with E-state index in [1.807, 2.05) is 6.08 Å². The number of rotatable bonds is 6. The highest BCUT2D eigenvalue weighted by Gasteiger charge is 1.95. The van der Waals surface area contributed by atoms with Crippen molar-refractivity contribution in [2.45, 2.75) is 19.9 Å². The molecule has 2 aromatic rings. The van der Waals surface area contributed by atoms with E-state index in [9.17, 15) is 0 Å². The third-order valence-corrected chi connectivity index (χ3v) is 3.23. The molecule has 98 valence electrons. The first-order chi connectivity index (χ1) is 9.28. The van der Waals surface area contributed by atoms with Gasteiger partial charge in [0.15, 0.2) is 0 Å². The third kappa shape index (κ3) is 4.38. The molecular weight excluding hydrogens is 230 g/mol. The molecule has 0 atom stereocenters. The molecule has 0 aliphatic rings. The van der Waals surface area contributed by atoms with Crippen LogP contribution in [0.15, 0.2) is 55.1 Å². The van der Waals surface area contributed by atoms with E-state index >= 15 is 0 Å². The lowest BCUT2D eigenvalue weighted by molar-refractivity contribution is 0.687. The van der Waals surface area contributed by atoms with Crippen LogP contribution in [0.2, 0.25) is 0 Å². The van der Waals surface area contributed by atoms with Gasteiger partial charge >= 0.3 is 0 Å². The van der Waals surface area contributed by atoms with Crippen LogP contribution >= 0.6 is 0 Å². The second-order valence-corrected chi connectivity index (χ2v) is 4.86. The van der Waals surface area contributed by atoms with Gasteiger partial charge in [-0.2, -0.15) is 0 Å². The minimum absolute atomic E-state index is 0.932. The van der Waals surface area contributed by atoms with Crippen LogP contribution in [-0.2, 0) is 13.0 Å². The Morgan fingerprint density at radius 3 is 2.58 bits per heavy atom. The van der Waals surface area contributed by atoms with Gasteiger partial charge in [0.05, 0.1) is 0 Å². The highest BCUT2D eigenvalue weighted by molar-refractivity contribution is 5.47. The zero-order valence-electron chi connectivity index (χ0n) is 11.5. The van der Waals surface area contributed by atoms with Crippen LogP contribution < -0.4 is 5.32 Å². The van der Waals surface area contributed by atoms with Gasteiger partial charge in [-0.25, -0.2) is 0 Å². The van der Waals surface area contributed by atoms with Crippen LogP contribution in [0.4, 0.5) is 0 Å². The highest BCUT2D eigenvalue weighted by atomic mass is 14.8. The molecule has 0 saturated carbocycles. The van der Waals surface area contributed by atoms with Crippen molar-refractivity contribution in [1.29, 1.82) is 0 Å². The predicted octanol–water partition coefficient (Wildman–Crippen LogP) is 3.97. The van der Waals surface area contributed by atoms with Gasteiger partial charge in [-0.1, -0.05) is 66.7 Å². The van der Waals surface area contributed by atoms with Crippen molar-refractivity contribution in [3.8, 4) is 0 Å². The van der Waals surface area contributed by atoms with E-state index in [1.165, 1.54) is 22.3 Å². The molecular formula is C18H21N. The van der Waals surface area contributed by atoms with Crippen molar-refractivity contribution in [2.75, 3.05) is 6.54 Å². The molecule has 0 heterocycles. The molecule has 0 aliphatic heterocycles. The second-order valence-electron chi connectivity index (χ2n) is 4.86. The Kier molecular flexibility index (Phi) is 4.93. The van der Waals surface area contributed by atoms with Crippen LogP contribution in [0.1, 0.15) is 22.3 Å². The van der Waals surface area contributed by atoms with Crippen molar-refractivity contribution in [3.05, 3.63) is 77.4 Å². The normalized spacial score (nSPS) is 10.4. The summed E-state index contributed by atoms with van der Waals surface area (Å²) in [5, 5.41) is 3.48.